The Kier molecular flexibility index (Phi) is 3.11. The van der Waals surface area contributed by atoms with Crippen LogP contribution in [-0.4, -0.2) is 42.4 Å². The second-order valence-electron chi connectivity index (χ2n) is 8.00. The largest absolute Gasteiger partial charge is 0.497 e. The molecule has 0 spiro atoms. The van der Waals surface area contributed by atoms with E-state index in [-0.39, 0.29) is 5.41 Å². The maximum Gasteiger partial charge on any atom is 0.119 e. The molecule has 3 nitrogen and oxygen atoms in total. The first-order valence-electron chi connectivity index (χ1n) is 8.55. The minimum absolute atomic E-state index is 0.140. The summed E-state index contributed by atoms with van der Waals surface area (Å²) in [6.45, 7) is 3.16. The van der Waals surface area contributed by atoms with Gasteiger partial charge in [-0.2, -0.15) is 0 Å². The molecule has 1 aliphatic heterocycles. The fraction of sp³-hybridized carbons (Fsp3) is 0.684. The molecule has 2 aliphatic carbocycles. The molecule has 22 heavy (non-hydrogen) atoms. The lowest BCUT2D eigenvalue weighted by atomic mass is 9.50. The van der Waals surface area contributed by atoms with Crippen LogP contribution in [0.5, 0.6) is 5.75 Å². The number of nitrogens with zero attached hydrogens (tertiary/aromatic N) is 1. The first-order chi connectivity index (χ1) is 10.5. The number of piperidine rings is 1. The number of hydrogen-bond acceptors (Lipinski definition) is 3. The third kappa shape index (κ3) is 1.95. The van der Waals surface area contributed by atoms with E-state index in [1.807, 2.05) is 6.92 Å². The van der Waals surface area contributed by atoms with Crippen LogP contribution in [0.4, 0.5) is 0 Å². The van der Waals surface area contributed by atoms with Gasteiger partial charge in [-0.05, 0) is 81.8 Å². The highest BCUT2D eigenvalue weighted by Crippen LogP contribution is 2.57. The molecule has 1 aromatic carbocycles. The van der Waals surface area contributed by atoms with Gasteiger partial charge in [-0.15, -0.1) is 0 Å². The molecule has 0 aromatic heterocycles. The normalized spacial score (nSPS) is 40.7. The molecule has 1 saturated heterocycles. The van der Waals surface area contributed by atoms with Gasteiger partial charge in [0.25, 0.3) is 0 Å². The second-order valence-corrected chi connectivity index (χ2v) is 8.00. The molecular weight excluding hydrogens is 274 g/mol. The highest BCUT2D eigenvalue weighted by atomic mass is 16.5. The molecule has 4 unspecified atom stereocenters. The van der Waals surface area contributed by atoms with Crippen LogP contribution in [-0.2, 0) is 11.8 Å². The van der Waals surface area contributed by atoms with Crippen LogP contribution in [0.25, 0.3) is 0 Å². The molecule has 1 N–H and O–H groups in total. The third-order valence-electron chi connectivity index (χ3n) is 6.62. The van der Waals surface area contributed by atoms with E-state index in [1.165, 1.54) is 11.1 Å². The third-order valence-corrected chi connectivity index (χ3v) is 6.62. The van der Waals surface area contributed by atoms with Gasteiger partial charge in [0, 0.05) is 11.5 Å². The second kappa shape index (κ2) is 4.72. The van der Waals surface area contributed by atoms with Crippen molar-refractivity contribution in [2.45, 2.75) is 56.1 Å². The Bertz CT molecular complexity index is 597. The minimum atomic E-state index is -0.533. The van der Waals surface area contributed by atoms with Crippen LogP contribution in [0, 0.1) is 5.92 Å². The molecule has 2 bridgehead atoms. The Hall–Kier alpha value is -1.06. The summed E-state index contributed by atoms with van der Waals surface area (Å²) in [6, 6.07) is 7.23. The summed E-state index contributed by atoms with van der Waals surface area (Å²) < 4.78 is 5.49. The smallest absolute Gasteiger partial charge is 0.119 e. The van der Waals surface area contributed by atoms with Crippen LogP contribution >= 0.6 is 0 Å². The van der Waals surface area contributed by atoms with Gasteiger partial charge in [0.15, 0.2) is 0 Å². The van der Waals surface area contributed by atoms with E-state index in [0.29, 0.717) is 12.0 Å². The summed E-state index contributed by atoms with van der Waals surface area (Å²) in [5.74, 6) is 1.63. The van der Waals surface area contributed by atoms with Gasteiger partial charge in [0.1, 0.15) is 5.75 Å². The topological polar surface area (TPSA) is 32.7 Å². The Morgan fingerprint density at radius 2 is 2.14 bits per heavy atom. The van der Waals surface area contributed by atoms with Gasteiger partial charge in [0.2, 0.25) is 0 Å². The van der Waals surface area contributed by atoms with Crippen molar-refractivity contribution in [3.63, 3.8) is 0 Å². The first-order valence-corrected chi connectivity index (χ1v) is 8.55. The Labute approximate surface area is 133 Å². The zero-order valence-electron chi connectivity index (χ0n) is 13.9. The van der Waals surface area contributed by atoms with Crippen molar-refractivity contribution in [3.8, 4) is 5.75 Å². The number of methoxy groups -OCH3 is 1. The highest BCUT2D eigenvalue weighted by molar-refractivity contribution is 5.46. The SMILES string of the molecule is COc1ccc2c(c1)C13CCN(C)C(C2)C1CCC(C)(O)C3. The van der Waals surface area contributed by atoms with Crippen LogP contribution in [0.15, 0.2) is 18.2 Å². The molecule has 1 heterocycles. The molecule has 4 atom stereocenters. The summed E-state index contributed by atoms with van der Waals surface area (Å²) >= 11 is 0. The molecular formula is C19H27NO2. The van der Waals surface area contributed by atoms with Crippen molar-refractivity contribution in [3.05, 3.63) is 29.3 Å². The van der Waals surface area contributed by atoms with Crippen LogP contribution < -0.4 is 4.74 Å². The minimum Gasteiger partial charge on any atom is -0.497 e. The fourth-order valence-electron chi connectivity index (χ4n) is 5.60. The lowest BCUT2D eigenvalue weighted by molar-refractivity contribution is -0.0835. The van der Waals surface area contributed by atoms with Crippen LogP contribution in [0.3, 0.4) is 0 Å². The molecule has 3 heteroatoms. The number of likely N-dealkylation sites (tertiary alicyclic amines) is 1. The summed E-state index contributed by atoms with van der Waals surface area (Å²) in [6.07, 6.45) is 5.27. The van der Waals surface area contributed by atoms with E-state index in [9.17, 15) is 5.11 Å². The molecule has 4 rings (SSSR count). The van der Waals surface area contributed by atoms with Crippen LogP contribution in [0.2, 0.25) is 0 Å². The van der Waals surface area contributed by atoms with E-state index in [4.69, 9.17) is 4.74 Å². The summed E-state index contributed by atoms with van der Waals surface area (Å²) in [4.78, 5) is 2.55. The molecule has 120 valence electrons. The van der Waals surface area contributed by atoms with Gasteiger partial charge in [-0.25, -0.2) is 0 Å². The number of ether oxygens (including phenoxy) is 1. The average Bonchev–Trinajstić information content (AvgIpc) is 2.49. The van der Waals surface area contributed by atoms with Gasteiger partial charge in [-0.3, -0.25) is 0 Å². The summed E-state index contributed by atoms with van der Waals surface area (Å²) in [5, 5.41) is 10.8. The Balaban J connectivity index is 1.89. The summed E-state index contributed by atoms with van der Waals surface area (Å²) in [7, 11) is 4.02. The summed E-state index contributed by atoms with van der Waals surface area (Å²) in [5.41, 5.74) is 2.53. The van der Waals surface area contributed by atoms with E-state index in [2.05, 4.69) is 30.1 Å². The van der Waals surface area contributed by atoms with E-state index < -0.39 is 5.60 Å². The van der Waals surface area contributed by atoms with Crippen LogP contribution in [0.1, 0.15) is 43.7 Å². The van der Waals surface area contributed by atoms with Crippen molar-refractivity contribution in [2.75, 3.05) is 20.7 Å². The predicted molar refractivity (Wildman–Crippen MR) is 87.4 cm³/mol. The maximum atomic E-state index is 10.8. The molecule has 1 saturated carbocycles. The van der Waals surface area contributed by atoms with E-state index in [0.717, 1.165) is 44.4 Å². The monoisotopic (exact) mass is 301 g/mol. The molecule has 1 aromatic rings. The van der Waals surface area contributed by atoms with Crippen molar-refractivity contribution in [1.29, 1.82) is 0 Å². The lowest BCUT2D eigenvalue weighted by Gasteiger charge is -2.60. The molecule has 2 fully saturated rings. The zero-order valence-corrected chi connectivity index (χ0v) is 13.9. The van der Waals surface area contributed by atoms with Gasteiger partial charge >= 0.3 is 0 Å². The predicted octanol–water partition coefficient (Wildman–Crippen LogP) is 2.74. The molecule has 0 radical (unpaired) electrons. The maximum absolute atomic E-state index is 10.8. The lowest BCUT2D eigenvalue weighted by Crippen LogP contribution is -2.62. The number of benzene rings is 1. The number of likely N-dealkylation sites (N-methyl/N-ethyl adjacent to an activating group) is 1. The first kappa shape index (κ1) is 14.5. The number of aliphatic hydroxyl groups is 1. The molecule has 0 amide bonds. The number of rotatable bonds is 1. The van der Waals surface area contributed by atoms with Gasteiger partial charge < -0.3 is 14.7 Å². The fourth-order valence-corrected chi connectivity index (χ4v) is 5.60. The van der Waals surface area contributed by atoms with Crippen molar-refractivity contribution in [1.82, 2.24) is 4.90 Å². The average molecular weight is 301 g/mol. The van der Waals surface area contributed by atoms with Gasteiger partial charge in [0.05, 0.1) is 12.7 Å². The van der Waals surface area contributed by atoms with Gasteiger partial charge in [-0.1, -0.05) is 6.07 Å². The van der Waals surface area contributed by atoms with Crippen molar-refractivity contribution < 1.29 is 9.84 Å². The van der Waals surface area contributed by atoms with Crippen molar-refractivity contribution >= 4 is 0 Å². The Morgan fingerprint density at radius 1 is 1.32 bits per heavy atom. The Morgan fingerprint density at radius 3 is 2.91 bits per heavy atom. The number of fused-ring (bicyclic) bond motifs is 1. The van der Waals surface area contributed by atoms with Crippen molar-refractivity contribution in [2.24, 2.45) is 5.92 Å². The highest BCUT2D eigenvalue weighted by Gasteiger charge is 2.56. The molecule has 3 aliphatic rings. The number of hydrogen-bond donors (Lipinski definition) is 1. The van der Waals surface area contributed by atoms with E-state index >= 15 is 0 Å². The van der Waals surface area contributed by atoms with E-state index in [1.54, 1.807) is 7.11 Å². The quantitative estimate of drug-likeness (QED) is 0.866. The zero-order chi connectivity index (χ0) is 15.5. The standard InChI is InChI=1S/C19H27NO2/c1-18(21)7-6-15-17-10-13-4-5-14(22-3)11-16(13)19(15,12-18)8-9-20(17)2/h4-5,11,15,17,21H,6-10,12H2,1-3H3.